The largest absolute Gasteiger partial charge is 0.497 e. The fourth-order valence-corrected chi connectivity index (χ4v) is 6.45. The number of ether oxygens (including phenoxy) is 1. The second kappa shape index (κ2) is 13.4. The molecule has 0 radical (unpaired) electrons. The van der Waals surface area contributed by atoms with Gasteiger partial charge in [-0.25, -0.2) is 23.1 Å². The molecule has 4 aromatic rings. The van der Waals surface area contributed by atoms with E-state index in [1.54, 1.807) is 13.2 Å². The number of aromatic nitrogens is 2. The molecule has 0 unspecified atom stereocenters. The van der Waals surface area contributed by atoms with Crippen molar-refractivity contribution in [1.29, 1.82) is 0 Å². The molecule has 1 aromatic heterocycles. The summed E-state index contributed by atoms with van der Waals surface area (Å²) in [6, 6.07) is 24.0. The van der Waals surface area contributed by atoms with Crippen LogP contribution in [-0.2, 0) is 29.3 Å². The second-order valence-electron chi connectivity index (χ2n) is 10.4. The molecule has 3 aromatic carbocycles. The summed E-state index contributed by atoms with van der Waals surface area (Å²) in [5.74, 6) is 1.07. The minimum absolute atomic E-state index is 0.0998. The van der Waals surface area contributed by atoms with Gasteiger partial charge in [0.15, 0.2) is 0 Å². The lowest BCUT2D eigenvalue weighted by atomic mass is 9.90. The number of rotatable bonds is 10. The number of benzene rings is 3. The first kappa shape index (κ1) is 29.5. The molecule has 2 heterocycles. The van der Waals surface area contributed by atoms with Gasteiger partial charge in [-0.15, -0.1) is 0 Å². The summed E-state index contributed by atoms with van der Waals surface area (Å²) in [6.07, 6.45) is 5.49. The van der Waals surface area contributed by atoms with E-state index >= 15 is 0 Å². The van der Waals surface area contributed by atoms with Gasteiger partial charge in [-0.3, -0.25) is 4.79 Å². The van der Waals surface area contributed by atoms with Crippen LogP contribution in [-0.4, -0.2) is 44.5 Å². The van der Waals surface area contributed by atoms with Crippen molar-refractivity contribution in [3.63, 3.8) is 0 Å². The molecule has 1 fully saturated rings. The van der Waals surface area contributed by atoms with Gasteiger partial charge in [0.2, 0.25) is 5.95 Å². The summed E-state index contributed by atoms with van der Waals surface area (Å²) < 4.78 is 33.4. The molecule has 42 heavy (non-hydrogen) atoms. The van der Waals surface area contributed by atoms with Gasteiger partial charge in [0, 0.05) is 24.3 Å². The number of nitrogens with one attached hydrogen (secondary N) is 1. The summed E-state index contributed by atoms with van der Waals surface area (Å²) in [5, 5.41) is 0.254. The Morgan fingerprint density at radius 3 is 2.45 bits per heavy atom. The molecule has 1 aliphatic heterocycles. The predicted octanol–water partition coefficient (Wildman–Crippen LogP) is 5.50. The van der Waals surface area contributed by atoms with E-state index in [1.807, 2.05) is 30.3 Å². The standard InChI is InChI=1S/C32H33ClN4O4S/c1-41-27-11-5-9-24(20-27)13-14-30-29(31(38)36-42(39,40)28-12-6-10-26(33)21-28)22-34-32(35-30)37-17-15-25(16-18-37)19-23-7-3-2-4-8-23/h2-12,20-22,25H,13-19H2,1H3,(H,36,38). The number of nitrogens with zero attached hydrogens (tertiary/aromatic N) is 3. The minimum atomic E-state index is -4.15. The van der Waals surface area contributed by atoms with Crippen LogP contribution in [0, 0.1) is 5.92 Å². The Labute approximate surface area is 251 Å². The second-order valence-corrected chi connectivity index (χ2v) is 12.5. The molecule has 0 bridgehead atoms. The third kappa shape index (κ3) is 7.46. The molecule has 8 nitrogen and oxygen atoms in total. The van der Waals surface area contributed by atoms with E-state index < -0.39 is 15.9 Å². The van der Waals surface area contributed by atoms with Gasteiger partial charge in [0.1, 0.15) is 5.75 Å². The maximum atomic E-state index is 13.3. The maximum absolute atomic E-state index is 13.3. The molecule has 5 rings (SSSR count). The average Bonchev–Trinajstić information content (AvgIpc) is 3.00. The van der Waals surface area contributed by atoms with E-state index in [1.165, 1.54) is 30.0 Å². The summed E-state index contributed by atoms with van der Waals surface area (Å²) in [7, 11) is -2.54. The summed E-state index contributed by atoms with van der Waals surface area (Å²) in [6.45, 7) is 1.61. The Hall–Kier alpha value is -3.95. The smallest absolute Gasteiger partial charge is 0.268 e. The zero-order valence-electron chi connectivity index (χ0n) is 23.4. The van der Waals surface area contributed by atoms with E-state index in [2.05, 4.69) is 38.9 Å². The lowest BCUT2D eigenvalue weighted by molar-refractivity contribution is 0.0979. The Balaban J connectivity index is 1.35. The van der Waals surface area contributed by atoms with Crippen molar-refractivity contribution in [2.24, 2.45) is 5.92 Å². The van der Waals surface area contributed by atoms with E-state index in [9.17, 15) is 13.2 Å². The number of hydrogen-bond acceptors (Lipinski definition) is 7. The zero-order valence-corrected chi connectivity index (χ0v) is 24.9. The fourth-order valence-electron chi connectivity index (χ4n) is 5.18. The van der Waals surface area contributed by atoms with E-state index in [0.29, 0.717) is 30.4 Å². The molecule has 218 valence electrons. The first-order valence-electron chi connectivity index (χ1n) is 13.9. The monoisotopic (exact) mass is 604 g/mol. The molecular formula is C32H33ClN4O4S. The highest BCUT2D eigenvalue weighted by Crippen LogP contribution is 2.25. The van der Waals surface area contributed by atoms with Crippen LogP contribution in [0.15, 0.2) is 90.0 Å². The van der Waals surface area contributed by atoms with Crippen LogP contribution in [0.1, 0.15) is 40.0 Å². The minimum Gasteiger partial charge on any atom is -0.497 e. The number of amides is 1. The molecule has 0 saturated carbocycles. The van der Waals surface area contributed by atoms with Crippen molar-refractivity contribution < 1.29 is 17.9 Å². The molecule has 10 heteroatoms. The Morgan fingerprint density at radius 1 is 0.976 bits per heavy atom. The normalized spacial score (nSPS) is 14.0. The molecule has 1 aliphatic rings. The number of sulfonamides is 1. The Morgan fingerprint density at radius 2 is 1.71 bits per heavy atom. The average molecular weight is 605 g/mol. The van der Waals surface area contributed by atoms with Gasteiger partial charge >= 0.3 is 0 Å². The number of halogens is 1. The summed E-state index contributed by atoms with van der Waals surface area (Å²) >= 11 is 5.98. The van der Waals surface area contributed by atoms with Gasteiger partial charge in [-0.05, 0) is 79.5 Å². The SMILES string of the molecule is COc1cccc(CCc2nc(N3CCC(Cc4ccccc4)CC3)ncc2C(=O)NS(=O)(=O)c2cccc(Cl)c2)c1. The van der Waals surface area contributed by atoms with Gasteiger partial charge in [-0.2, -0.15) is 0 Å². The Kier molecular flexibility index (Phi) is 9.39. The number of carbonyl (C=O) groups excluding carboxylic acids is 1. The van der Waals surface area contributed by atoms with Crippen molar-refractivity contribution in [3.8, 4) is 5.75 Å². The fraction of sp³-hybridized carbons (Fsp3) is 0.281. The van der Waals surface area contributed by atoms with Crippen LogP contribution >= 0.6 is 11.6 Å². The number of carbonyl (C=O) groups is 1. The lowest BCUT2D eigenvalue weighted by Crippen LogP contribution is -2.36. The quantitative estimate of drug-likeness (QED) is 0.255. The number of methoxy groups -OCH3 is 1. The van der Waals surface area contributed by atoms with Crippen LogP contribution in [0.25, 0.3) is 0 Å². The van der Waals surface area contributed by atoms with Crippen LogP contribution in [0.5, 0.6) is 5.75 Å². The summed E-state index contributed by atoms with van der Waals surface area (Å²) in [5.41, 5.74) is 2.95. The molecule has 1 N–H and O–H groups in total. The third-order valence-corrected chi connectivity index (χ3v) is 9.05. The molecule has 0 aliphatic carbocycles. The van der Waals surface area contributed by atoms with Crippen molar-refractivity contribution in [3.05, 3.63) is 112 Å². The van der Waals surface area contributed by atoms with Crippen molar-refractivity contribution in [2.45, 2.75) is 37.0 Å². The molecule has 0 atom stereocenters. The number of anilines is 1. The third-order valence-electron chi connectivity index (χ3n) is 7.48. The highest BCUT2D eigenvalue weighted by Gasteiger charge is 2.25. The molecule has 0 spiro atoms. The summed E-state index contributed by atoms with van der Waals surface area (Å²) in [4.78, 5) is 24.7. The predicted molar refractivity (Wildman–Crippen MR) is 164 cm³/mol. The number of aryl methyl sites for hydroxylation is 2. The van der Waals surface area contributed by atoms with Gasteiger partial charge in [0.25, 0.3) is 15.9 Å². The first-order chi connectivity index (χ1) is 20.3. The van der Waals surface area contributed by atoms with Gasteiger partial charge in [-0.1, -0.05) is 60.1 Å². The van der Waals surface area contributed by atoms with E-state index in [0.717, 1.165) is 43.7 Å². The van der Waals surface area contributed by atoms with Gasteiger partial charge < -0.3 is 9.64 Å². The topological polar surface area (TPSA) is 101 Å². The Bertz CT molecular complexity index is 1640. The van der Waals surface area contributed by atoms with Crippen LogP contribution in [0.2, 0.25) is 5.02 Å². The number of hydrogen-bond donors (Lipinski definition) is 1. The van der Waals surface area contributed by atoms with Crippen LogP contribution in [0.3, 0.4) is 0 Å². The number of piperidine rings is 1. The molecular weight excluding hydrogens is 572 g/mol. The maximum Gasteiger partial charge on any atom is 0.268 e. The van der Waals surface area contributed by atoms with Gasteiger partial charge in [0.05, 0.1) is 23.3 Å². The molecule has 1 amide bonds. The van der Waals surface area contributed by atoms with Crippen LogP contribution < -0.4 is 14.4 Å². The highest BCUT2D eigenvalue weighted by atomic mass is 35.5. The van der Waals surface area contributed by atoms with E-state index in [4.69, 9.17) is 21.3 Å². The first-order valence-corrected chi connectivity index (χ1v) is 15.8. The highest BCUT2D eigenvalue weighted by molar-refractivity contribution is 7.90. The van der Waals surface area contributed by atoms with Crippen molar-refractivity contribution in [1.82, 2.24) is 14.7 Å². The zero-order chi connectivity index (χ0) is 29.5. The van der Waals surface area contributed by atoms with Crippen LogP contribution in [0.4, 0.5) is 5.95 Å². The van der Waals surface area contributed by atoms with Crippen molar-refractivity contribution >= 4 is 33.5 Å². The molecule has 1 saturated heterocycles. The van der Waals surface area contributed by atoms with Crippen molar-refractivity contribution in [2.75, 3.05) is 25.1 Å². The lowest BCUT2D eigenvalue weighted by Gasteiger charge is -2.32. The van der Waals surface area contributed by atoms with E-state index in [-0.39, 0.29) is 15.5 Å².